The molecule has 11 heteroatoms. The van der Waals surface area contributed by atoms with E-state index in [1.54, 1.807) is 6.20 Å². The van der Waals surface area contributed by atoms with Gasteiger partial charge in [-0.05, 0) is 54.8 Å². The highest BCUT2D eigenvalue weighted by Gasteiger charge is 2.23. The molecule has 4 aromatic rings. The fraction of sp³-hybridized carbons (Fsp3) is 0.214. The molecule has 0 aliphatic heterocycles. The van der Waals surface area contributed by atoms with E-state index in [9.17, 15) is 18.0 Å². The average Bonchev–Trinajstić information content (AvgIpc) is 3.39. The molecule has 0 bridgehead atoms. The molecule has 0 fully saturated rings. The molecule has 1 heterocycles. The average molecular weight is 547 g/mol. The van der Waals surface area contributed by atoms with E-state index in [0.717, 1.165) is 22.3 Å². The Bertz CT molecular complexity index is 1570. The maximum atomic E-state index is 13.4. The van der Waals surface area contributed by atoms with Crippen LogP contribution in [0.25, 0.3) is 0 Å². The van der Waals surface area contributed by atoms with E-state index in [1.807, 2.05) is 56.3 Å². The number of nitrogens with one attached hydrogen (secondary N) is 2. The number of aromatic nitrogens is 3. The Morgan fingerprint density at radius 2 is 1.67 bits per heavy atom. The molecule has 0 saturated heterocycles. The summed E-state index contributed by atoms with van der Waals surface area (Å²) in [5.74, 6) is -0.618. The molecule has 10 nitrogen and oxygen atoms in total. The van der Waals surface area contributed by atoms with Gasteiger partial charge in [0.2, 0.25) is 15.9 Å². The van der Waals surface area contributed by atoms with Crippen LogP contribution in [0.4, 0.5) is 0 Å². The summed E-state index contributed by atoms with van der Waals surface area (Å²) in [6.45, 7) is 4.48. The second-order valence-corrected chi connectivity index (χ2v) is 10.9. The number of amides is 2. The van der Waals surface area contributed by atoms with E-state index in [0.29, 0.717) is 18.7 Å². The monoisotopic (exact) mass is 546 g/mol. The van der Waals surface area contributed by atoms with Crippen LogP contribution in [-0.2, 0) is 34.3 Å². The van der Waals surface area contributed by atoms with Crippen LogP contribution in [0.1, 0.15) is 44.3 Å². The summed E-state index contributed by atoms with van der Waals surface area (Å²) in [6, 6.07) is 20.4. The lowest BCUT2D eigenvalue weighted by Gasteiger charge is -2.18. The smallest absolute Gasteiger partial charge is 0.251 e. The number of carbonyl (C=O) groups is 2. The molecule has 202 valence electrons. The van der Waals surface area contributed by atoms with Crippen molar-refractivity contribution in [1.29, 1.82) is 0 Å². The molecule has 4 rings (SSSR count). The van der Waals surface area contributed by atoms with Crippen molar-refractivity contribution in [1.82, 2.24) is 25.6 Å². The molecule has 0 aliphatic rings. The number of hydrogen-bond donors (Lipinski definition) is 3. The van der Waals surface area contributed by atoms with Crippen molar-refractivity contribution in [2.75, 3.05) is 0 Å². The Morgan fingerprint density at radius 1 is 0.949 bits per heavy atom. The first-order valence-electron chi connectivity index (χ1n) is 12.3. The van der Waals surface area contributed by atoms with Crippen LogP contribution in [0.2, 0.25) is 0 Å². The second kappa shape index (κ2) is 12.0. The number of rotatable bonds is 10. The number of nitrogens with two attached hydrogens (primary N) is 1. The molecule has 4 N–H and O–H groups in total. The van der Waals surface area contributed by atoms with Gasteiger partial charge in [0.05, 0.1) is 17.6 Å². The first kappa shape index (κ1) is 27.7. The molecular weight excluding hydrogens is 516 g/mol. The highest BCUT2D eigenvalue weighted by molar-refractivity contribution is 7.89. The Morgan fingerprint density at radius 3 is 2.36 bits per heavy atom. The highest BCUT2D eigenvalue weighted by Crippen LogP contribution is 2.16. The molecule has 0 aliphatic carbocycles. The van der Waals surface area contributed by atoms with E-state index in [2.05, 4.69) is 27.0 Å². The van der Waals surface area contributed by atoms with Gasteiger partial charge in [0.1, 0.15) is 11.7 Å². The lowest BCUT2D eigenvalue weighted by molar-refractivity contribution is -0.124. The summed E-state index contributed by atoms with van der Waals surface area (Å²) < 4.78 is 24.3. The summed E-state index contributed by atoms with van der Waals surface area (Å²) >= 11 is 0. The van der Waals surface area contributed by atoms with E-state index in [-0.39, 0.29) is 22.9 Å². The van der Waals surface area contributed by atoms with Gasteiger partial charge in [0.15, 0.2) is 0 Å². The Kier molecular flexibility index (Phi) is 8.52. The van der Waals surface area contributed by atoms with Gasteiger partial charge in [-0.15, -0.1) is 5.10 Å². The summed E-state index contributed by atoms with van der Waals surface area (Å²) in [4.78, 5) is 25.8. The summed E-state index contributed by atoms with van der Waals surface area (Å²) in [5, 5.41) is 19.2. The third-order valence-electron chi connectivity index (χ3n) is 6.28. The minimum Gasteiger partial charge on any atom is -0.350 e. The van der Waals surface area contributed by atoms with Crippen LogP contribution in [0.3, 0.4) is 0 Å². The predicted octanol–water partition coefficient (Wildman–Crippen LogP) is 2.57. The lowest BCUT2D eigenvalue weighted by atomic mass is 10.0. The lowest BCUT2D eigenvalue weighted by Crippen LogP contribution is -2.34. The molecule has 0 radical (unpaired) electrons. The van der Waals surface area contributed by atoms with Crippen molar-refractivity contribution in [3.05, 3.63) is 113 Å². The SMILES string of the molecule is Cc1ccc(C)c(CNC(=O)[C@H](Cc2ccccc2)n2cc(CNC(=O)c3ccc(S(N)(=O)=O)cc3)nn2)c1. The quantitative estimate of drug-likeness (QED) is 0.278. The van der Waals surface area contributed by atoms with Gasteiger partial charge < -0.3 is 10.6 Å². The van der Waals surface area contributed by atoms with Gasteiger partial charge in [0, 0.05) is 18.5 Å². The third kappa shape index (κ3) is 7.37. The molecule has 1 aromatic heterocycles. The van der Waals surface area contributed by atoms with Crippen molar-refractivity contribution >= 4 is 21.8 Å². The van der Waals surface area contributed by atoms with Gasteiger partial charge >= 0.3 is 0 Å². The van der Waals surface area contributed by atoms with Crippen LogP contribution >= 0.6 is 0 Å². The first-order chi connectivity index (χ1) is 18.6. The second-order valence-electron chi connectivity index (χ2n) is 9.30. The number of nitrogens with zero attached hydrogens (tertiary/aromatic N) is 3. The van der Waals surface area contributed by atoms with Gasteiger partial charge in [-0.1, -0.05) is 59.3 Å². The Hall–Kier alpha value is -4.35. The maximum Gasteiger partial charge on any atom is 0.251 e. The van der Waals surface area contributed by atoms with E-state index in [1.165, 1.54) is 28.9 Å². The zero-order valence-corrected chi connectivity index (χ0v) is 22.5. The van der Waals surface area contributed by atoms with Gasteiger partial charge in [0.25, 0.3) is 5.91 Å². The van der Waals surface area contributed by atoms with Crippen LogP contribution in [0.15, 0.2) is 83.9 Å². The largest absolute Gasteiger partial charge is 0.350 e. The molecule has 1 atom stereocenters. The Balaban J connectivity index is 1.45. The van der Waals surface area contributed by atoms with Crippen LogP contribution in [0.5, 0.6) is 0 Å². The summed E-state index contributed by atoms with van der Waals surface area (Å²) in [5.41, 5.74) is 4.96. The van der Waals surface area contributed by atoms with Crippen molar-refractivity contribution in [3.63, 3.8) is 0 Å². The predicted molar refractivity (Wildman–Crippen MR) is 146 cm³/mol. The van der Waals surface area contributed by atoms with Crippen molar-refractivity contribution in [2.24, 2.45) is 5.14 Å². The molecule has 0 spiro atoms. The number of hydrogen-bond acceptors (Lipinski definition) is 6. The molecule has 0 saturated carbocycles. The standard InChI is InChI=1S/C28H30N6O4S/c1-19-8-9-20(2)23(14-19)16-30-28(36)26(15-21-6-4-3-5-7-21)34-18-24(32-33-34)17-31-27(35)22-10-12-25(13-11-22)39(29,37)38/h3-14,18,26H,15-17H2,1-2H3,(H,30,36)(H,31,35)(H2,29,37,38)/t26-/m0/s1. The minimum absolute atomic E-state index is 0.0674. The van der Waals surface area contributed by atoms with Crippen LogP contribution in [0, 0.1) is 13.8 Å². The van der Waals surface area contributed by atoms with Crippen molar-refractivity contribution < 1.29 is 18.0 Å². The van der Waals surface area contributed by atoms with E-state index in [4.69, 9.17) is 5.14 Å². The van der Waals surface area contributed by atoms with Crippen LogP contribution in [-0.4, -0.2) is 35.2 Å². The zero-order valence-electron chi connectivity index (χ0n) is 21.7. The third-order valence-corrected chi connectivity index (χ3v) is 7.21. The zero-order chi connectivity index (χ0) is 28.0. The topological polar surface area (TPSA) is 149 Å². The number of sulfonamides is 1. The molecule has 2 amide bonds. The fourth-order valence-electron chi connectivity index (χ4n) is 4.05. The molecule has 39 heavy (non-hydrogen) atoms. The maximum absolute atomic E-state index is 13.4. The van der Waals surface area contributed by atoms with Crippen molar-refractivity contribution in [2.45, 2.75) is 44.3 Å². The highest BCUT2D eigenvalue weighted by atomic mass is 32.2. The minimum atomic E-state index is -3.85. The van der Waals surface area contributed by atoms with Gasteiger partial charge in [-0.3, -0.25) is 9.59 Å². The summed E-state index contributed by atoms with van der Waals surface area (Å²) in [7, 11) is -3.85. The van der Waals surface area contributed by atoms with E-state index < -0.39 is 22.0 Å². The Labute approximate surface area is 227 Å². The van der Waals surface area contributed by atoms with Gasteiger partial charge in [-0.2, -0.15) is 0 Å². The number of primary sulfonamides is 1. The van der Waals surface area contributed by atoms with E-state index >= 15 is 0 Å². The number of benzene rings is 3. The summed E-state index contributed by atoms with van der Waals surface area (Å²) in [6.07, 6.45) is 2.04. The molecular formula is C28H30N6O4S. The first-order valence-corrected chi connectivity index (χ1v) is 13.8. The molecule has 3 aromatic carbocycles. The van der Waals surface area contributed by atoms with Crippen LogP contribution < -0.4 is 15.8 Å². The number of carbonyl (C=O) groups excluding carboxylic acids is 2. The molecule has 0 unspecified atom stereocenters. The van der Waals surface area contributed by atoms with Gasteiger partial charge in [-0.25, -0.2) is 18.2 Å². The van der Waals surface area contributed by atoms with Crippen molar-refractivity contribution in [3.8, 4) is 0 Å². The normalized spacial score (nSPS) is 12.1. The number of aryl methyl sites for hydroxylation is 2. The fourth-order valence-corrected chi connectivity index (χ4v) is 4.57.